The zero-order valence-electron chi connectivity index (χ0n) is 14.8. The minimum atomic E-state index is -0.0680. The maximum Gasteiger partial charge on any atom is 0.244 e. The van der Waals surface area contributed by atoms with E-state index in [9.17, 15) is 4.79 Å². The van der Waals surface area contributed by atoms with Crippen LogP contribution in [0.3, 0.4) is 0 Å². The van der Waals surface area contributed by atoms with Crippen LogP contribution in [0.2, 0.25) is 0 Å². The number of amides is 1. The number of hydrogen-bond acceptors (Lipinski definition) is 1. The third-order valence-corrected chi connectivity index (χ3v) is 3.93. The van der Waals surface area contributed by atoms with Gasteiger partial charge in [-0.1, -0.05) is 55.5 Å². The number of carbonyl (C=O) groups excluding carboxylic acids is 1. The van der Waals surface area contributed by atoms with Crippen LogP contribution in [-0.2, 0) is 24.3 Å². The molecule has 0 spiro atoms. The normalized spacial score (nSPS) is 11.2. The Labute approximate surface area is 145 Å². The molecule has 2 aromatic carbocycles. The Kier molecular flexibility index (Phi) is 6.76. The molecule has 0 atom stereocenters. The van der Waals surface area contributed by atoms with Gasteiger partial charge in [0, 0.05) is 18.2 Å². The number of quaternary nitrogens is 1. The Morgan fingerprint density at radius 3 is 2.33 bits per heavy atom. The summed E-state index contributed by atoms with van der Waals surface area (Å²) in [4.78, 5) is 13.4. The fourth-order valence-electron chi connectivity index (χ4n) is 2.56. The van der Waals surface area contributed by atoms with Crippen molar-refractivity contribution in [1.82, 2.24) is 5.32 Å². The molecule has 0 saturated heterocycles. The van der Waals surface area contributed by atoms with Crippen molar-refractivity contribution in [1.29, 1.82) is 0 Å². The van der Waals surface area contributed by atoms with Crippen LogP contribution in [0.15, 0.2) is 54.6 Å². The van der Waals surface area contributed by atoms with Crippen LogP contribution in [0.1, 0.15) is 29.2 Å². The van der Waals surface area contributed by atoms with Gasteiger partial charge in [-0.3, -0.25) is 4.79 Å². The summed E-state index contributed by atoms with van der Waals surface area (Å²) in [5, 5.41) is 2.97. The third-order valence-electron chi connectivity index (χ3n) is 3.93. The first kappa shape index (κ1) is 18.0. The van der Waals surface area contributed by atoms with Crippen LogP contribution in [-0.4, -0.2) is 20.0 Å². The van der Waals surface area contributed by atoms with Gasteiger partial charge in [-0.15, -0.1) is 0 Å². The van der Waals surface area contributed by atoms with E-state index in [0.717, 1.165) is 18.5 Å². The van der Waals surface area contributed by atoms with E-state index < -0.39 is 0 Å². The monoisotopic (exact) mass is 323 g/mol. The van der Waals surface area contributed by atoms with Crippen LogP contribution in [0.25, 0.3) is 6.08 Å². The van der Waals surface area contributed by atoms with Gasteiger partial charge in [0.25, 0.3) is 0 Å². The van der Waals surface area contributed by atoms with Crippen molar-refractivity contribution in [2.24, 2.45) is 0 Å². The molecular formula is C21H27N2O+. The molecule has 0 aromatic heterocycles. The zero-order valence-corrected chi connectivity index (χ0v) is 14.8. The second kappa shape index (κ2) is 9.04. The Balaban J connectivity index is 1.92. The minimum Gasteiger partial charge on any atom is -0.348 e. The summed E-state index contributed by atoms with van der Waals surface area (Å²) in [6, 6.07) is 16.5. The number of rotatable bonds is 7. The van der Waals surface area contributed by atoms with E-state index in [0.29, 0.717) is 6.54 Å². The number of nitrogens with one attached hydrogen (secondary N) is 2. The topological polar surface area (TPSA) is 33.5 Å². The van der Waals surface area contributed by atoms with Gasteiger partial charge < -0.3 is 10.2 Å². The molecule has 24 heavy (non-hydrogen) atoms. The summed E-state index contributed by atoms with van der Waals surface area (Å²) in [6.07, 6.45) is 4.48. The number of hydrogen-bond donors (Lipinski definition) is 2. The van der Waals surface area contributed by atoms with Crippen LogP contribution in [0, 0.1) is 0 Å². The first-order valence-electron chi connectivity index (χ1n) is 8.49. The summed E-state index contributed by atoms with van der Waals surface area (Å²) in [5.74, 6) is -0.0680. The van der Waals surface area contributed by atoms with E-state index in [-0.39, 0.29) is 5.91 Å². The molecule has 0 unspecified atom stereocenters. The molecule has 0 saturated carbocycles. The van der Waals surface area contributed by atoms with Gasteiger partial charge in [0.1, 0.15) is 6.54 Å². The maximum atomic E-state index is 12.0. The first-order valence-corrected chi connectivity index (χ1v) is 8.49. The van der Waals surface area contributed by atoms with Gasteiger partial charge in [-0.2, -0.15) is 0 Å². The number of benzene rings is 2. The van der Waals surface area contributed by atoms with Crippen LogP contribution < -0.4 is 10.2 Å². The van der Waals surface area contributed by atoms with E-state index in [1.807, 2.05) is 30.3 Å². The lowest BCUT2D eigenvalue weighted by Crippen LogP contribution is -3.04. The SMILES string of the molecule is CCc1ccc(/C=C/C(=O)NCc2ccccc2C[NH+](C)C)cc1. The molecule has 3 heteroatoms. The molecule has 3 nitrogen and oxygen atoms in total. The van der Waals surface area contributed by atoms with E-state index in [1.54, 1.807) is 6.08 Å². The van der Waals surface area contributed by atoms with Crippen LogP contribution >= 0.6 is 0 Å². The highest BCUT2D eigenvalue weighted by molar-refractivity contribution is 5.91. The molecule has 2 rings (SSSR count). The lowest BCUT2D eigenvalue weighted by Gasteiger charge is -2.12. The summed E-state index contributed by atoms with van der Waals surface area (Å²) in [7, 11) is 4.25. The maximum absolute atomic E-state index is 12.0. The van der Waals surface area contributed by atoms with Gasteiger partial charge in [0.05, 0.1) is 14.1 Å². The molecule has 0 aliphatic heterocycles. The zero-order chi connectivity index (χ0) is 17.4. The predicted molar refractivity (Wildman–Crippen MR) is 99.7 cm³/mol. The molecule has 0 aliphatic rings. The molecule has 0 bridgehead atoms. The Bertz CT molecular complexity index is 687. The Morgan fingerprint density at radius 1 is 1.04 bits per heavy atom. The fourth-order valence-corrected chi connectivity index (χ4v) is 2.56. The van der Waals surface area contributed by atoms with Gasteiger partial charge in [0.2, 0.25) is 5.91 Å². The quantitative estimate of drug-likeness (QED) is 0.753. The highest BCUT2D eigenvalue weighted by Gasteiger charge is 2.05. The van der Waals surface area contributed by atoms with E-state index >= 15 is 0 Å². The van der Waals surface area contributed by atoms with E-state index in [2.05, 4.69) is 50.6 Å². The lowest BCUT2D eigenvalue weighted by molar-refractivity contribution is -0.872. The second-order valence-electron chi connectivity index (χ2n) is 6.30. The number of aryl methyl sites for hydroxylation is 1. The first-order chi connectivity index (χ1) is 11.6. The second-order valence-corrected chi connectivity index (χ2v) is 6.30. The van der Waals surface area contributed by atoms with Crippen molar-refractivity contribution in [3.63, 3.8) is 0 Å². The van der Waals surface area contributed by atoms with Crippen molar-refractivity contribution in [3.05, 3.63) is 76.9 Å². The smallest absolute Gasteiger partial charge is 0.244 e. The average molecular weight is 323 g/mol. The molecule has 0 heterocycles. The summed E-state index contributed by atoms with van der Waals surface area (Å²) in [6.45, 7) is 3.64. The highest BCUT2D eigenvalue weighted by Crippen LogP contribution is 2.08. The Morgan fingerprint density at radius 2 is 1.71 bits per heavy atom. The molecule has 0 radical (unpaired) electrons. The van der Waals surface area contributed by atoms with Crippen molar-refractivity contribution in [2.75, 3.05) is 14.1 Å². The van der Waals surface area contributed by atoms with Gasteiger partial charge in [-0.05, 0) is 29.2 Å². The van der Waals surface area contributed by atoms with Crippen LogP contribution in [0.5, 0.6) is 0 Å². The van der Waals surface area contributed by atoms with Crippen molar-refractivity contribution < 1.29 is 9.69 Å². The van der Waals surface area contributed by atoms with Crippen molar-refractivity contribution in [3.8, 4) is 0 Å². The molecule has 126 valence electrons. The van der Waals surface area contributed by atoms with Crippen molar-refractivity contribution in [2.45, 2.75) is 26.4 Å². The minimum absolute atomic E-state index is 0.0680. The van der Waals surface area contributed by atoms with Gasteiger partial charge in [-0.25, -0.2) is 0 Å². The number of carbonyl (C=O) groups is 1. The summed E-state index contributed by atoms with van der Waals surface area (Å²) in [5.41, 5.74) is 4.79. The van der Waals surface area contributed by atoms with Gasteiger partial charge >= 0.3 is 0 Å². The van der Waals surface area contributed by atoms with Gasteiger partial charge in [0.15, 0.2) is 0 Å². The molecule has 0 aliphatic carbocycles. The summed E-state index contributed by atoms with van der Waals surface area (Å²) < 4.78 is 0. The largest absolute Gasteiger partial charge is 0.348 e. The third kappa shape index (κ3) is 5.67. The fraction of sp³-hybridized carbons (Fsp3) is 0.286. The molecule has 0 fully saturated rings. The Hall–Kier alpha value is -2.39. The van der Waals surface area contributed by atoms with E-state index in [1.165, 1.54) is 21.6 Å². The molecule has 1 amide bonds. The lowest BCUT2D eigenvalue weighted by atomic mass is 10.1. The molecule has 2 aromatic rings. The predicted octanol–water partition coefficient (Wildman–Crippen LogP) is 2.22. The standard InChI is InChI=1S/C21H26N2O/c1-4-17-9-11-18(12-10-17)13-14-21(24)22-15-19-7-5-6-8-20(19)16-23(2)3/h5-14H,4,15-16H2,1-3H3,(H,22,24)/p+1/b14-13+. The van der Waals surface area contributed by atoms with Crippen LogP contribution in [0.4, 0.5) is 0 Å². The molecular weight excluding hydrogens is 296 g/mol. The van der Waals surface area contributed by atoms with Crippen molar-refractivity contribution >= 4 is 12.0 Å². The summed E-state index contributed by atoms with van der Waals surface area (Å²) >= 11 is 0. The average Bonchev–Trinajstić information content (AvgIpc) is 2.59. The van der Waals surface area contributed by atoms with E-state index in [4.69, 9.17) is 0 Å². The highest BCUT2D eigenvalue weighted by atomic mass is 16.1. The molecule has 2 N–H and O–H groups in total.